The number of hydrogen-bond donors (Lipinski definition) is 2. The molecule has 2 heterocycles. The van der Waals surface area contributed by atoms with Crippen LogP contribution in [-0.4, -0.2) is 47.4 Å². The fourth-order valence-corrected chi connectivity index (χ4v) is 2.39. The van der Waals surface area contributed by atoms with E-state index in [1.54, 1.807) is 18.3 Å². The van der Waals surface area contributed by atoms with Crippen LogP contribution in [0, 0.1) is 0 Å². The molecule has 2 rings (SSSR count). The van der Waals surface area contributed by atoms with E-state index in [0.717, 1.165) is 0 Å². The summed E-state index contributed by atoms with van der Waals surface area (Å²) in [6.45, 7) is 4.88. The van der Waals surface area contributed by atoms with E-state index in [4.69, 9.17) is 10.5 Å². The Kier molecular flexibility index (Phi) is 3.73. The molecule has 1 aromatic heterocycles. The number of nitrogens with zero attached hydrogens (tertiary/aromatic N) is 2. The number of anilines is 1. The third-order valence-electron chi connectivity index (χ3n) is 3.04. The summed E-state index contributed by atoms with van der Waals surface area (Å²) < 4.78 is 5.74. The van der Waals surface area contributed by atoms with Crippen molar-refractivity contribution < 1.29 is 14.6 Å². The van der Waals surface area contributed by atoms with Crippen LogP contribution < -0.4 is 10.6 Å². The predicted molar refractivity (Wildman–Crippen MR) is 71.0 cm³/mol. The monoisotopic (exact) mass is 265 g/mol. The van der Waals surface area contributed by atoms with Crippen molar-refractivity contribution in [3.8, 4) is 0 Å². The molecule has 1 aliphatic heterocycles. The lowest BCUT2D eigenvalue weighted by Gasteiger charge is -2.43. The molecule has 0 radical (unpaired) electrons. The first-order chi connectivity index (χ1) is 8.93. The summed E-state index contributed by atoms with van der Waals surface area (Å²) >= 11 is 0. The summed E-state index contributed by atoms with van der Waals surface area (Å²) in [7, 11) is 0. The van der Waals surface area contributed by atoms with Gasteiger partial charge in [0.25, 0.3) is 5.91 Å². The van der Waals surface area contributed by atoms with Crippen molar-refractivity contribution in [1.29, 1.82) is 0 Å². The highest BCUT2D eigenvalue weighted by molar-refractivity contribution is 5.97. The van der Waals surface area contributed by atoms with Gasteiger partial charge < -0.3 is 20.5 Å². The third kappa shape index (κ3) is 3.02. The Bertz CT molecular complexity index is 476. The largest absolute Gasteiger partial charge is 0.394 e. The van der Waals surface area contributed by atoms with Crippen LogP contribution >= 0.6 is 0 Å². The third-order valence-corrected chi connectivity index (χ3v) is 3.04. The number of aliphatic hydroxyl groups excluding tert-OH is 1. The van der Waals surface area contributed by atoms with Crippen LogP contribution in [-0.2, 0) is 4.74 Å². The Labute approximate surface area is 112 Å². The predicted octanol–water partition coefficient (Wildman–Crippen LogP) is 0.157. The van der Waals surface area contributed by atoms with Gasteiger partial charge in [-0.05, 0) is 26.0 Å². The Morgan fingerprint density at radius 1 is 1.68 bits per heavy atom. The lowest BCUT2D eigenvalue weighted by Crippen LogP contribution is -2.54. The van der Waals surface area contributed by atoms with Crippen molar-refractivity contribution in [2.45, 2.75) is 25.6 Å². The molecule has 0 aromatic carbocycles. The van der Waals surface area contributed by atoms with E-state index >= 15 is 0 Å². The number of rotatable bonds is 3. The molecule has 1 fully saturated rings. The molecule has 1 amide bonds. The zero-order valence-electron chi connectivity index (χ0n) is 11.2. The number of carbonyl (C=O) groups excluding carboxylic acids is 1. The number of ether oxygens (including phenoxy) is 1. The standard InChI is InChI=1S/C13H19N3O3/c1-13(2)8-16(6-9(7-17)19-13)12-10(11(14)18)4-3-5-15-12/h3-5,9,17H,6-8H2,1-2H3,(H2,14,18). The van der Waals surface area contributed by atoms with Crippen LogP contribution in [0.1, 0.15) is 24.2 Å². The lowest BCUT2D eigenvalue weighted by atomic mass is 10.0. The summed E-state index contributed by atoms with van der Waals surface area (Å²) in [5.74, 6) is 0.0396. The summed E-state index contributed by atoms with van der Waals surface area (Å²) in [6.07, 6.45) is 1.32. The first kappa shape index (κ1) is 13.8. The van der Waals surface area contributed by atoms with Crippen LogP contribution in [0.4, 0.5) is 5.82 Å². The second-order valence-electron chi connectivity index (χ2n) is 5.30. The minimum absolute atomic E-state index is 0.0708. The fourth-order valence-electron chi connectivity index (χ4n) is 2.39. The number of carbonyl (C=O) groups is 1. The second kappa shape index (κ2) is 5.14. The van der Waals surface area contributed by atoms with E-state index in [2.05, 4.69) is 4.98 Å². The van der Waals surface area contributed by atoms with Crippen LogP contribution in [0.15, 0.2) is 18.3 Å². The van der Waals surface area contributed by atoms with Gasteiger partial charge in [-0.25, -0.2) is 4.98 Å². The van der Waals surface area contributed by atoms with Gasteiger partial charge in [0.2, 0.25) is 0 Å². The SMILES string of the molecule is CC1(C)CN(c2ncccc2C(N)=O)CC(CO)O1. The molecule has 1 aliphatic rings. The molecule has 6 heteroatoms. The Balaban J connectivity index is 2.33. The maximum Gasteiger partial charge on any atom is 0.252 e. The van der Waals surface area contributed by atoms with Gasteiger partial charge in [0.05, 0.1) is 23.9 Å². The summed E-state index contributed by atoms with van der Waals surface area (Å²) in [6, 6.07) is 3.33. The molecule has 0 aliphatic carbocycles. The summed E-state index contributed by atoms with van der Waals surface area (Å²) in [4.78, 5) is 17.6. The van der Waals surface area contributed by atoms with Crippen molar-refractivity contribution in [3.05, 3.63) is 23.9 Å². The van der Waals surface area contributed by atoms with Crippen LogP contribution in [0.5, 0.6) is 0 Å². The van der Waals surface area contributed by atoms with Gasteiger partial charge in [-0.15, -0.1) is 0 Å². The van der Waals surface area contributed by atoms with E-state index in [-0.39, 0.29) is 12.7 Å². The van der Waals surface area contributed by atoms with Crippen molar-refractivity contribution >= 4 is 11.7 Å². The van der Waals surface area contributed by atoms with Crippen molar-refractivity contribution in [1.82, 2.24) is 4.98 Å². The number of aromatic nitrogens is 1. The zero-order chi connectivity index (χ0) is 14.0. The molecular formula is C13H19N3O3. The Morgan fingerprint density at radius 2 is 2.42 bits per heavy atom. The van der Waals surface area contributed by atoms with Crippen molar-refractivity contribution in [2.75, 3.05) is 24.6 Å². The highest BCUT2D eigenvalue weighted by atomic mass is 16.5. The van der Waals surface area contributed by atoms with Gasteiger partial charge in [-0.3, -0.25) is 4.79 Å². The van der Waals surface area contributed by atoms with E-state index in [1.807, 2.05) is 18.7 Å². The van der Waals surface area contributed by atoms with Crippen LogP contribution in [0.25, 0.3) is 0 Å². The molecule has 0 bridgehead atoms. The number of aliphatic hydroxyl groups is 1. The molecule has 1 saturated heterocycles. The number of morpholine rings is 1. The normalized spacial score (nSPS) is 22.3. The molecule has 1 aromatic rings. The first-order valence-corrected chi connectivity index (χ1v) is 6.21. The highest BCUT2D eigenvalue weighted by Gasteiger charge is 2.34. The number of hydrogen-bond acceptors (Lipinski definition) is 5. The molecule has 1 atom stereocenters. The minimum atomic E-state index is -0.507. The summed E-state index contributed by atoms with van der Waals surface area (Å²) in [5.41, 5.74) is 5.34. The molecule has 0 saturated carbocycles. The second-order valence-corrected chi connectivity index (χ2v) is 5.30. The van der Waals surface area contributed by atoms with Crippen molar-refractivity contribution in [3.63, 3.8) is 0 Å². The topological polar surface area (TPSA) is 88.7 Å². The minimum Gasteiger partial charge on any atom is -0.394 e. The molecule has 3 N–H and O–H groups in total. The van der Waals surface area contributed by atoms with Gasteiger partial charge in [0.1, 0.15) is 5.82 Å². The highest BCUT2D eigenvalue weighted by Crippen LogP contribution is 2.26. The van der Waals surface area contributed by atoms with Crippen LogP contribution in [0.3, 0.4) is 0 Å². The first-order valence-electron chi connectivity index (χ1n) is 6.21. The van der Waals surface area contributed by atoms with E-state index in [0.29, 0.717) is 24.5 Å². The smallest absolute Gasteiger partial charge is 0.252 e. The fraction of sp³-hybridized carbons (Fsp3) is 0.538. The molecule has 6 nitrogen and oxygen atoms in total. The molecule has 0 spiro atoms. The average Bonchev–Trinajstić information content (AvgIpc) is 2.36. The Hall–Kier alpha value is -1.66. The molecule has 1 unspecified atom stereocenters. The van der Waals surface area contributed by atoms with E-state index in [1.165, 1.54) is 0 Å². The molecular weight excluding hydrogens is 246 g/mol. The number of nitrogens with two attached hydrogens (primary N) is 1. The quantitative estimate of drug-likeness (QED) is 0.812. The number of primary amides is 1. The van der Waals surface area contributed by atoms with Crippen molar-refractivity contribution in [2.24, 2.45) is 5.73 Å². The van der Waals surface area contributed by atoms with Gasteiger partial charge >= 0.3 is 0 Å². The van der Waals surface area contributed by atoms with Gasteiger partial charge in [0.15, 0.2) is 0 Å². The zero-order valence-corrected chi connectivity index (χ0v) is 11.2. The van der Waals surface area contributed by atoms with Gasteiger partial charge in [0, 0.05) is 19.3 Å². The number of pyridine rings is 1. The van der Waals surface area contributed by atoms with E-state index in [9.17, 15) is 9.90 Å². The lowest BCUT2D eigenvalue weighted by molar-refractivity contribution is -0.101. The maximum atomic E-state index is 11.5. The van der Waals surface area contributed by atoms with Crippen LogP contribution in [0.2, 0.25) is 0 Å². The van der Waals surface area contributed by atoms with Gasteiger partial charge in [-0.1, -0.05) is 0 Å². The average molecular weight is 265 g/mol. The van der Waals surface area contributed by atoms with Gasteiger partial charge in [-0.2, -0.15) is 0 Å². The Morgan fingerprint density at radius 3 is 3.05 bits per heavy atom. The number of amides is 1. The van der Waals surface area contributed by atoms with E-state index < -0.39 is 11.5 Å². The maximum absolute atomic E-state index is 11.5. The summed E-state index contributed by atoms with van der Waals surface area (Å²) in [5, 5.41) is 9.30. The molecule has 19 heavy (non-hydrogen) atoms. The molecule has 104 valence electrons.